The van der Waals surface area contributed by atoms with Crippen LogP contribution in [0.2, 0.25) is 5.02 Å². The minimum absolute atomic E-state index is 0.175. The lowest BCUT2D eigenvalue weighted by molar-refractivity contribution is -0.123. The number of ether oxygens (including phenoxy) is 1. The zero-order valence-corrected chi connectivity index (χ0v) is 16.3. The predicted octanol–water partition coefficient (Wildman–Crippen LogP) is 5.40. The molecule has 0 saturated carbocycles. The van der Waals surface area contributed by atoms with Crippen molar-refractivity contribution in [3.05, 3.63) is 81.7 Å². The molecule has 3 rings (SSSR count). The molecule has 2 amide bonds. The second-order valence-electron chi connectivity index (χ2n) is 5.91. The fourth-order valence-corrected chi connectivity index (χ4v) is 3.67. The number of carbonyl (C=O) groups excluding carboxylic acids is 2. The van der Waals surface area contributed by atoms with E-state index in [2.05, 4.69) is 0 Å². The van der Waals surface area contributed by atoms with Crippen molar-refractivity contribution in [3.8, 4) is 5.75 Å². The van der Waals surface area contributed by atoms with Gasteiger partial charge in [0, 0.05) is 0 Å². The van der Waals surface area contributed by atoms with Crippen molar-refractivity contribution in [1.29, 1.82) is 0 Å². The van der Waals surface area contributed by atoms with Crippen molar-refractivity contribution in [3.63, 3.8) is 0 Å². The molecule has 2 aromatic rings. The Morgan fingerprint density at radius 3 is 2.56 bits per heavy atom. The number of hydrogen-bond acceptors (Lipinski definition) is 4. The van der Waals surface area contributed by atoms with E-state index in [0.29, 0.717) is 15.7 Å². The number of para-hydroxylation sites is 1. The lowest BCUT2D eigenvalue weighted by Gasteiger charge is -2.13. The average molecular weight is 400 g/mol. The summed E-state index contributed by atoms with van der Waals surface area (Å²) in [6, 6.07) is 16.9. The number of amides is 2. The van der Waals surface area contributed by atoms with Crippen molar-refractivity contribution >= 4 is 40.6 Å². The topological polar surface area (TPSA) is 46.6 Å². The molecule has 0 unspecified atom stereocenters. The summed E-state index contributed by atoms with van der Waals surface area (Å²) in [6.07, 6.45) is 3.71. The Kier molecular flexibility index (Phi) is 6.37. The van der Waals surface area contributed by atoms with Gasteiger partial charge in [0.2, 0.25) is 0 Å². The fraction of sp³-hybridized carbons (Fsp3) is 0.143. The van der Waals surface area contributed by atoms with Gasteiger partial charge in [-0.3, -0.25) is 14.5 Å². The average Bonchev–Trinajstić information content (AvgIpc) is 2.91. The Hall–Kier alpha value is -2.50. The molecule has 0 radical (unpaired) electrons. The highest BCUT2D eigenvalue weighted by Gasteiger charge is 2.34. The van der Waals surface area contributed by atoms with Gasteiger partial charge in [0.25, 0.3) is 11.1 Å². The molecule has 27 heavy (non-hydrogen) atoms. The highest BCUT2D eigenvalue weighted by molar-refractivity contribution is 8.18. The Morgan fingerprint density at radius 2 is 1.81 bits per heavy atom. The summed E-state index contributed by atoms with van der Waals surface area (Å²) >= 11 is 6.98. The van der Waals surface area contributed by atoms with Crippen molar-refractivity contribution in [2.75, 3.05) is 13.2 Å². The largest absolute Gasteiger partial charge is 0.490 e. The number of hydrogen-bond donors (Lipinski definition) is 0. The Balaban J connectivity index is 1.62. The molecule has 0 N–H and O–H groups in total. The SMILES string of the molecule is CC(/C=C1\SC(=O)N(CCOc2ccccc2Cl)C1=O)=C\c1ccccc1. The highest BCUT2D eigenvalue weighted by Crippen LogP contribution is 2.31. The number of imide groups is 1. The monoisotopic (exact) mass is 399 g/mol. The van der Waals surface area contributed by atoms with E-state index in [1.807, 2.05) is 55.5 Å². The highest BCUT2D eigenvalue weighted by atomic mass is 35.5. The first-order valence-corrected chi connectivity index (χ1v) is 9.60. The fourth-order valence-electron chi connectivity index (χ4n) is 2.56. The third kappa shape index (κ3) is 5.02. The van der Waals surface area contributed by atoms with Crippen LogP contribution in [0.3, 0.4) is 0 Å². The number of thioether (sulfide) groups is 1. The van der Waals surface area contributed by atoms with E-state index in [1.54, 1.807) is 18.2 Å². The smallest absolute Gasteiger partial charge is 0.293 e. The van der Waals surface area contributed by atoms with Crippen molar-refractivity contribution in [2.24, 2.45) is 0 Å². The first kappa shape index (κ1) is 19.3. The Bertz CT molecular complexity index is 909. The molecule has 1 aliphatic rings. The van der Waals surface area contributed by atoms with Crippen LogP contribution in [0.25, 0.3) is 6.08 Å². The second-order valence-corrected chi connectivity index (χ2v) is 7.31. The molecule has 1 aliphatic heterocycles. The summed E-state index contributed by atoms with van der Waals surface area (Å²) in [6.45, 7) is 2.27. The van der Waals surface area contributed by atoms with Crippen LogP contribution in [0.15, 0.2) is 71.2 Å². The molecule has 0 aromatic heterocycles. The summed E-state index contributed by atoms with van der Waals surface area (Å²) in [5, 5.41) is 0.203. The molecule has 0 atom stereocenters. The molecule has 1 fully saturated rings. The lowest BCUT2D eigenvalue weighted by atomic mass is 10.1. The van der Waals surface area contributed by atoms with Crippen LogP contribution in [0.4, 0.5) is 4.79 Å². The minimum atomic E-state index is -0.298. The van der Waals surface area contributed by atoms with E-state index < -0.39 is 0 Å². The van der Waals surface area contributed by atoms with E-state index in [1.165, 1.54) is 4.90 Å². The van der Waals surface area contributed by atoms with Crippen molar-refractivity contribution < 1.29 is 14.3 Å². The second kappa shape index (κ2) is 8.93. The normalized spacial score (nSPS) is 16.3. The number of halogens is 1. The van der Waals surface area contributed by atoms with Gasteiger partial charge < -0.3 is 4.74 Å². The molecule has 4 nitrogen and oxygen atoms in total. The van der Waals surface area contributed by atoms with Gasteiger partial charge in [0.1, 0.15) is 12.4 Å². The maximum absolute atomic E-state index is 12.5. The van der Waals surface area contributed by atoms with Crippen LogP contribution in [0.5, 0.6) is 5.75 Å². The molecular weight excluding hydrogens is 382 g/mol. The van der Waals surface area contributed by atoms with Crippen LogP contribution in [-0.4, -0.2) is 29.2 Å². The predicted molar refractivity (Wildman–Crippen MR) is 110 cm³/mol. The van der Waals surface area contributed by atoms with Gasteiger partial charge in [-0.1, -0.05) is 60.1 Å². The maximum Gasteiger partial charge on any atom is 0.293 e. The molecule has 138 valence electrons. The lowest BCUT2D eigenvalue weighted by Crippen LogP contribution is -2.32. The number of carbonyl (C=O) groups is 2. The van der Waals surface area contributed by atoms with E-state index >= 15 is 0 Å². The molecule has 0 aliphatic carbocycles. The molecular formula is C21H18ClNO3S. The minimum Gasteiger partial charge on any atom is -0.490 e. The molecule has 2 aromatic carbocycles. The zero-order chi connectivity index (χ0) is 19.2. The van der Waals surface area contributed by atoms with Crippen LogP contribution in [-0.2, 0) is 4.79 Å². The molecule has 1 saturated heterocycles. The first-order chi connectivity index (χ1) is 13.0. The van der Waals surface area contributed by atoms with Crippen LogP contribution < -0.4 is 4.74 Å². The summed E-state index contributed by atoms with van der Waals surface area (Å²) in [7, 11) is 0. The van der Waals surface area contributed by atoms with Gasteiger partial charge in [0.15, 0.2) is 0 Å². The Labute approximate surface area is 167 Å². The van der Waals surface area contributed by atoms with E-state index in [-0.39, 0.29) is 24.3 Å². The number of allylic oxidation sites excluding steroid dienone is 2. The van der Waals surface area contributed by atoms with Gasteiger partial charge in [-0.15, -0.1) is 0 Å². The number of nitrogens with zero attached hydrogens (tertiary/aromatic N) is 1. The Morgan fingerprint density at radius 1 is 1.11 bits per heavy atom. The molecule has 6 heteroatoms. The van der Waals surface area contributed by atoms with Gasteiger partial charge >= 0.3 is 0 Å². The first-order valence-electron chi connectivity index (χ1n) is 8.40. The summed E-state index contributed by atoms with van der Waals surface area (Å²) in [5.41, 5.74) is 1.94. The maximum atomic E-state index is 12.5. The molecule has 0 spiro atoms. The standard InChI is InChI=1S/C21H18ClNO3S/c1-15(13-16-7-3-2-4-8-16)14-19-20(24)23(21(25)27-19)11-12-26-18-10-6-5-9-17(18)22/h2-10,13-14H,11-12H2,1H3/b15-13+,19-14-. The van der Waals surface area contributed by atoms with Gasteiger partial charge in [-0.05, 0) is 48.0 Å². The summed E-state index contributed by atoms with van der Waals surface area (Å²) in [5.74, 6) is 0.233. The zero-order valence-electron chi connectivity index (χ0n) is 14.7. The number of rotatable bonds is 6. The number of benzene rings is 2. The van der Waals surface area contributed by atoms with E-state index in [4.69, 9.17) is 16.3 Å². The van der Waals surface area contributed by atoms with Crippen LogP contribution >= 0.6 is 23.4 Å². The molecule has 0 bridgehead atoms. The third-order valence-corrected chi connectivity index (χ3v) is 5.06. The van der Waals surface area contributed by atoms with E-state index in [9.17, 15) is 9.59 Å². The van der Waals surface area contributed by atoms with Crippen molar-refractivity contribution in [2.45, 2.75) is 6.92 Å². The molecule has 1 heterocycles. The van der Waals surface area contributed by atoms with Gasteiger partial charge in [-0.2, -0.15) is 0 Å². The van der Waals surface area contributed by atoms with Crippen LogP contribution in [0, 0.1) is 0 Å². The van der Waals surface area contributed by atoms with E-state index in [0.717, 1.165) is 22.9 Å². The summed E-state index contributed by atoms with van der Waals surface area (Å²) < 4.78 is 5.57. The van der Waals surface area contributed by atoms with Crippen molar-refractivity contribution in [1.82, 2.24) is 4.90 Å². The summed E-state index contributed by atoms with van der Waals surface area (Å²) in [4.78, 5) is 26.3. The van der Waals surface area contributed by atoms with Crippen LogP contribution in [0.1, 0.15) is 12.5 Å². The quantitative estimate of drug-likeness (QED) is 0.610. The van der Waals surface area contributed by atoms with Gasteiger partial charge in [0.05, 0.1) is 16.5 Å². The third-order valence-electron chi connectivity index (χ3n) is 3.84. The van der Waals surface area contributed by atoms with Gasteiger partial charge in [-0.25, -0.2) is 0 Å².